The third kappa shape index (κ3) is 3.05. The van der Waals surface area contributed by atoms with Gasteiger partial charge in [0.25, 0.3) is 18.1 Å². The lowest BCUT2D eigenvalue weighted by molar-refractivity contribution is -0.302. The summed E-state index contributed by atoms with van der Waals surface area (Å²) in [5.41, 5.74) is -3.69. The predicted octanol–water partition coefficient (Wildman–Crippen LogP) is 2.93. The molecule has 25 heavy (non-hydrogen) atoms. The summed E-state index contributed by atoms with van der Waals surface area (Å²) in [4.78, 5) is 12.3. The van der Waals surface area contributed by atoms with E-state index < -0.39 is 42.9 Å². The second-order valence-corrected chi connectivity index (χ2v) is 6.63. The Bertz CT molecular complexity index is 731. The van der Waals surface area contributed by atoms with E-state index in [1.54, 1.807) is 0 Å². The number of aromatic nitrogens is 2. The predicted molar refractivity (Wildman–Crippen MR) is 77.8 cm³/mol. The molecule has 0 unspecified atom stereocenters. The van der Waals surface area contributed by atoms with E-state index in [9.17, 15) is 31.9 Å². The van der Waals surface area contributed by atoms with Crippen molar-refractivity contribution in [1.82, 2.24) is 14.8 Å². The van der Waals surface area contributed by atoms with E-state index in [1.165, 1.54) is 0 Å². The van der Waals surface area contributed by atoms with Gasteiger partial charge >= 0.3 is 6.18 Å². The second-order valence-electron chi connectivity index (χ2n) is 5.84. The zero-order valence-electron chi connectivity index (χ0n) is 12.5. The lowest BCUT2D eigenvalue weighted by atomic mass is 10.1. The molecule has 0 radical (unpaired) electrons. The van der Waals surface area contributed by atoms with Crippen LogP contribution in [-0.2, 0) is 11.3 Å². The Kier molecular flexibility index (Phi) is 4.38. The van der Waals surface area contributed by atoms with Gasteiger partial charge in [-0.1, -0.05) is 0 Å². The second kappa shape index (κ2) is 6.01. The molecule has 1 amide bonds. The lowest BCUT2D eigenvalue weighted by Crippen LogP contribution is -2.57. The smallest absolute Gasteiger partial charge is 0.362 e. The minimum Gasteiger partial charge on any atom is -0.362 e. The van der Waals surface area contributed by atoms with E-state index in [2.05, 4.69) is 26.1 Å². The van der Waals surface area contributed by atoms with Crippen molar-refractivity contribution >= 4 is 28.1 Å². The summed E-state index contributed by atoms with van der Waals surface area (Å²) in [6, 6.07) is 0. The van der Waals surface area contributed by atoms with Gasteiger partial charge in [0.15, 0.2) is 0 Å². The molecule has 12 heteroatoms. The summed E-state index contributed by atoms with van der Waals surface area (Å²) >= 11 is 3.02. The molecule has 1 aliphatic carbocycles. The summed E-state index contributed by atoms with van der Waals surface area (Å²) in [5, 5.41) is 16.6. The van der Waals surface area contributed by atoms with Gasteiger partial charge in [-0.3, -0.25) is 9.48 Å². The van der Waals surface area contributed by atoms with Crippen LogP contribution in [0, 0.1) is 0 Å². The van der Waals surface area contributed by atoms with Crippen molar-refractivity contribution in [2.24, 2.45) is 5.10 Å². The van der Waals surface area contributed by atoms with Crippen molar-refractivity contribution in [3.8, 4) is 0 Å². The summed E-state index contributed by atoms with van der Waals surface area (Å²) in [7, 11) is 0. The van der Waals surface area contributed by atoms with E-state index in [0.717, 1.165) is 10.9 Å². The Labute approximate surface area is 146 Å². The van der Waals surface area contributed by atoms with Gasteiger partial charge in [0.2, 0.25) is 0 Å². The number of aliphatic hydroxyl groups is 1. The van der Waals surface area contributed by atoms with E-state index in [1.807, 2.05) is 0 Å². The number of carbonyl (C=O) groups is 1. The molecule has 2 heterocycles. The van der Waals surface area contributed by atoms with Crippen molar-refractivity contribution in [3.63, 3.8) is 0 Å². The maximum Gasteiger partial charge on any atom is 0.438 e. The van der Waals surface area contributed by atoms with Crippen LogP contribution in [-0.4, -0.2) is 43.9 Å². The molecule has 138 valence electrons. The van der Waals surface area contributed by atoms with Gasteiger partial charge in [0, 0.05) is 18.6 Å². The standard InChI is InChI=1S/C13H12BrF5N4O2/c14-8-9(11(15)16)21-22(10(8)6-1-2-6)5-7(24)23-12(25,3-4-20-23)13(17,18)19/h4,6,11,25H,1-3,5H2/t12-/m0/s1. The Balaban J connectivity index is 1.89. The van der Waals surface area contributed by atoms with Crippen LogP contribution < -0.4 is 0 Å². The van der Waals surface area contributed by atoms with Gasteiger partial charge in [-0.25, -0.2) is 8.78 Å². The number of amides is 1. The van der Waals surface area contributed by atoms with Gasteiger partial charge in [-0.15, -0.1) is 0 Å². The third-order valence-corrected chi connectivity index (χ3v) is 4.84. The lowest BCUT2D eigenvalue weighted by Gasteiger charge is -2.32. The molecule has 3 rings (SSSR count). The van der Waals surface area contributed by atoms with E-state index >= 15 is 0 Å². The van der Waals surface area contributed by atoms with Crippen molar-refractivity contribution in [2.45, 2.75) is 50.1 Å². The number of carbonyl (C=O) groups excluding carboxylic acids is 1. The minimum absolute atomic E-state index is 0.0498. The number of alkyl halides is 5. The summed E-state index contributed by atoms with van der Waals surface area (Å²) < 4.78 is 66.1. The first-order valence-electron chi connectivity index (χ1n) is 7.25. The molecule has 0 spiro atoms. The van der Waals surface area contributed by atoms with Crippen LogP contribution in [0.25, 0.3) is 0 Å². The monoisotopic (exact) mass is 430 g/mol. The number of halogens is 6. The number of hydrazone groups is 1. The number of hydrogen-bond donors (Lipinski definition) is 1. The normalized spacial score (nSPS) is 23.8. The zero-order valence-corrected chi connectivity index (χ0v) is 14.1. The summed E-state index contributed by atoms with van der Waals surface area (Å²) in [5.74, 6) is -1.29. The molecule has 1 aromatic heterocycles. The highest BCUT2D eigenvalue weighted by Crippen LogP contribution is 2.46. The molecular weight excluding hydrogens is 419 g/mol. The average molecular weight is 431 g/mol. The molecule has 0 bridgehead atoms. The first-order chi connectivity index (χ1) is 11.6. The first kappa shape index (κ1) is 18.2. The number of hydrogen-bond acceptors (Lipinski definition) is 4. The molecule has 1 fully saturated rings. The minimum atomic E-state index is -5.11. The molecule has 1 aromatic rings. The SMILES string of the molecule is O=C(Cn1nc(C(F)F)c(Br)c1C1CC1)N1N=CC[C@]1(O)C(F)(F)F. The Morgan fingerprint density at radius 2 is 2.08 bits per heavy atom. The topological polar surface area (TPSA) is 70.7 Å². The van der Waals surface area contributed by atoms with Crippen molar-refractivity contribution in [1.29, 1.82) is 0 Å². The molecule has 1 atom stereocenters. The maximum absolute atomic E-state index is 13.0. The first-order valence-corrected chi connectivity index (χ1v) is 8.04. The molecule has 1 saturated carbocycles. The van der Waals surface area contributed by atoms with E-state index in [-0.39, 0.29) is 15.4 Å². The van der Waals surface area contributed by atoms with Crippen LogP contribution >= 0.6 is 15.9 Å². The van der Waals surface area contributed by atoms with E-state index in [0.29, 0.717) is 18.5 Å². The quantitative estimate of drug-likeness (QED) is 0.746. The molecule has 1 N–H and O–H groups in total. The van der Waals surface area contributed by atoms with Crippen molar-refractivity contribution < 1.29 is 31.9 Å². The van der Waals surface area contributed by atoms with Crippen LogP contribution in [0.1, 0.15) is 43.0 Å². The summed E-state index contributed by atoms with van der Waals surface area (Å²) in [6.07, 6.45) is -6.73. The fourth-order valence-corrected chi connectivity index (χ4v) is 3.39. The van der Waals surface area contributed by atoms with Crippen LogP contribution in [0.4, 0.5) is 22.0 Å². The van der Waals surface area contributed by atoms with Gasteiger partial charge in [-0.05, 0) is 28.8 Å². The highest BCUT2D eigenvalue weighted by atomic mass is 79.9. The molecule has 0 saturated heterocycles. The largest absolute Gasteiger partial charge is 0.438 e. The van der Waals surface area contributed by atoms with Crippen LogP contribution in [0.5, 0.6) is 0 Å². The van der Waals surface area contributed by atoms with Crippen LogP contribution in [0.15, 0.2) is 9.57 Å². The zero-order chi connectivity index (χ0) is 18.6. The van der Waals surface area contributed by atoms with Gasteiger partial charge in [-0.2, -0.15) is 28.4 Å². The highest BCUT2D eigenvalue weighted by Gasteiger charge is 2.61. The van der Waals surface area contributed by atoms with E-state index in [4.69, 9.17) is 0 Å². The fourth-order valence-electron chi connectivity index (χ4n) is 2.61. The molecule has 6 nitrogen and oxygen atoms in total. The maximum atomic E-state index is 13.0. The van der Waals surface area contributed by atoms with Crippen LogP contribution in [0.2, 0.25) is 0 Å². The third-order valence-electron chi connectivity index (χ3n) is 4.03. The Morgan fingerprint density at radius 3 is 2.60 bits per heavy atom. The van der Waals surface area contributed by atoms with Gasteiger partial charge in [0.05, 0.1) is 10.2 Å². The molecule has 2 aliphatic rings. The van der Waals surface area contributed by atoms with Crippen molar-refractivity contribution in [3.05, 3.63) is 15.9 Å². The Morgan fingerprint density at radius 1 is 1.44 bits per heavy atom. The fraction of sp³-hybridized carbons (Fsp3) is 0.615. The van der Waals surface area contributed by atoms with Crippen LogP contribution in [0.3, 0.4) is 0 Å². The average Bonchev–Trinajstić information content (AvgIpc) is 3.15. The number of rotatable bonds is 4. The van der Waals surface area contributed by atoms with Gasteiger partial charge < -0.3 is 5.11 Å². The summed E-state index contributed by atoms with van der Waals surface area (Å²) in [6.45, 7) is -0.743. The molecular formula is C13H12BrF5N4O2. The Hall–Kier alpha value is -1.56. The number of nitrogens with zero attached hydrogens (tertiary/aromatic N) is 4. The molecule has 0 aromatic carbocycles. The van der Waals surface area contributed by atoms with Gasteiger partial charge in [0.1, 0.15) is 12.2 Å². The highest BCUT2D eigenvalue weighted by molar-refractivity contribution is 9.10. The molecule has 1 aliphatic heterocycles. The van der Waals surface area contributed by atoms with Crippen molar-refractivity contribution in [2.75, 3.05) is 0 Å².